The van der Waals surface area contributed by atoms with Crippen LogP contribution >= 0.6 is 0 Å². The van der Waals surface area contributed by atoms with Crippen LogP contribution in [0.15, 0.2) is 16.6 Å². The van der Waals surface area contributed by atoms with Gasteiger partial charge in [-0.3, -0.25) is 4.79 Å². The van der Waals surface area contributed by atoms with Gasteiger partial charge in [0.15, 0.2) is 0 Å². The zero-order valence-electron chi connectivity index (χ0n) is 9.74. The van der Waals surface area contributed by atoms with Gasteiger partial charge in [0.1, 0.15) is 6.10 Å². The van der Waals surface area contributed by atoms with Crippen LogP contribution in [0.5, 0.6) is 0 Å². The Morgan fingerprint density at radius 2 is 2.28 bits per heavy atom. The molecule has 1 amide bonds. The van der Waals surface area contributed by atoms with E-state index in [1.165, 1.54) is 0 Å². The molecule has 1 aliphatic carbocycles. The van der Waals surface area contributed by atoms with Gasteiger partial charge < -0.3 is 19.7 Å². The largest absolute Gasteiger partial charge is 0.448 e. The molecule has 18 heavy (non-hydrogen) atoms. The van der Waals surface area contributed by atoms with E-state index in [4.69, 9.17) is 14.6 Å². The zero-order valence-corrected chi connectivity index (χ0v) is 9.74. The third-order valence-corrected chi connectivity index (χ3v) is 4.39. The number of fused-ring (bicyclic) bond motifs is 3. The normalized spacial score (nSPS) is 51.9. The number of hydrogen-bond acceptors (Lipinski definition) is 5. The lowest BCUT2D eigenvalue weighted by atomic mass is 9.94. The minimum absolute atomic E-state index is 0.0112. The predicted molar refractivity (Wildman–Crippen MR) is 58.5 cm³/mol. The fourth-order valence-corrected chi connectivity index (χ4v) is 3.50. The second-order valence-corrected chi connectivity index (χ2v) is 5.34. The van der Waals surface area contributed by atoms with Crippen LogP contribution in [0.3, 0.4) is 0 Å². The molecule has 3 heterocycles. The van der Waals surface area contributed by atoms with Gasteiger partial charge in [-0.2, -0.15) is 4.99 Å². The van der Waals surface area contributed by atoms with Crippen molar-refractivity contribution in [2.75, 3.05) is 6.61 Å². The number of carbonyl (C=O) groups excluding carboxylic acids is 1. The minimum Gasteiger partial charge on any atom is -0.448 e. The van der Waals surface area contributed by atoms with Crippen molar-refractivity contribution < 1.29 is 24.5 Å². The summed E-state index contributed by atoms with van der Waals surface area (Å²) in [6.45, 7) is 1.49. The van der Waals surface area contributed by atoms with Crippen LogP contribution in [0, 0.1) is 17.8 Å². The van der Waals surface area contributed by atoms with Crippen molar-refractivity contribution in [1.82, 2.24) is 0 Å². The molecule has 5 unspecified atom stereocenters. The van der Waals surface area contributed by atoms with E-state index in [0.717, 1.165) is 0 Å². The average molecular weight is 251 g/mol. The van der Waals surface area contributed by atoms with Gasteiger partial charge in [-0.1, -0.05) is 6.08 Å². The van der Waals surface area contributed by atoms with Gasteiger partial charge in [-0.15, -0.1) is 0 Å². The topological polar surface area (TPSA) is 88.4 Å². The summed E-state index contributed by atoms with van der Waals surface area (Å²) in [6, 6.07) is 0. The Morgan fingerprint density at radius 1 is 1.50 bits per heavy atom. The summed E-state index contributed by atoms with van der Waals surface area (Å²) >= 11 is 0. The molecule has 3 aliphatic heterocycles. The number of dihydropyridines is 1. The zero-order chi connectivity index (χ0) is 12.7. The highest BCUT2D eigenvalue weighted by Crippen LogP contribution is 2.69. The van der Waals surface area contributed by atoms with Crippen molar-refractivity contribution in [3.8, 4) is 0 Å². The summed E-state index contributed by atoms with van der Waals surface area (Å²) in [5, 5.41) is 19.1. The maximum Gasteiger partial charge on any atom is 0.275 e. The number of rotatable bonds is 1. The van der Waals surface area contributed by atoms with E-state index in [1.54, 1.807) is 6.92 Å². The standard InChI is InChI=1S/C12H13NO5/c1-4-2-5-7-8-9(15)6(3-14)17-12(7,8)18-11(5)13-10(4)16/h2,5-9,14-15H,3H2,1H3/t5?,6?,7-,8?,9?,12?/m1/s1. The molecule has 2 saturated heterocycles. The lowest BCUT2D eigenvalue weighted by molar-refractivity contribution is -0.145. The van der Waals surface area contributed by atoms with E-state index in [9.17, 15) is 9.90 Å². The number of aliphatic hydroxyl groups excluding tert-OH is 2. The van der Waals surface area contributed by atoms with E-state index in [2.05, 4.69) is 4.99 Å². The fourth-order valence-electron chi connectivity index (χ4n) is 3.50. The number of ether oxygens (including phenoxy) is 2. The van der Waals surface area contributed by atoms with Crippen LogP contribution in [0.4, 0.5) is 0 Å². The molecule has 0 aromatic carbocycles. The third kappa shape index (κ3) is 1.00. The monoisotopic (exact) mass is 251 g/mol. The van der Waals surface area contributed by atoms with Crippen LogP contribution in [-0.2, 0) is 14.3 Å². The molecular weight excluding hydrogens is 238 g/mol. The van der Waals surface area contributed by atoms with Gasteiger partial charge in [-0.05, 0) is 6.92 Å². The Bertz CT molecular complexity index is 513. The van der Waals surface area contributed by atoms with Crippen molar-refractivity contribution >= 4 is 11.8 Å². The second-order valence-electron chi connectivity index (χ2n) is 5.34. The molecular formula is C12H13NO5. The van der Waals surface area contributed by atoms with Crippen molar-refractivity contribution in [2.45, 2.75) is 24.9 Å². The number of aliphatic imine (C=N–C) groups is 1. The first-order chi connectivity index (χ1) is 8.58. The second kappa shape index (κ2) is 3.01. The molecule has 2 N–H and O–H groups in total. The van der Waals surface area contributed by atoms with Crippen molar-refractivity contribution in [2.24, 2.45) is 22.7 Å². The highest BCUT2D eigenvalue weighted by atomic mass is 16.7. The molecule has 6 nitrogen and oxygen atoms in total. The quantitative estimate of drug-likeness (QED) is 0.637. The molecule has 1 saturated carbocycles. The first-order valence-corrected chi connectivity index (χ1v) is 6.05. The molecule has 6 atom stereocenters. The number of hydrogen-bond donors (Lipinski definition) is 2. The number of aliphatic hydroxyl groups is 2. The van der Waals surface area contributed by atoms with Crippen molar-refractivity contribution in [1.29, 1.82) is 0 Å². The van der Waals surface area contributed by atoms with E-state index >= 15 is 0 Å². The molecule has 3 fully saturated rings. The van der Waals surface area contributed by atoms with Gasteiger partial charge >= 0.3 is 0 Å². The summed E-state index contributed by atoms with van der Waals surface area (Å²) in [5.41, 5.74) is 0.600. The van der Waals surface area contributed by atoms with Gasteiger partial charge in [0, 0.05) is 5.57 Å². The molecule has 0 bridgehead atoms. The summed E-state index contributed by atoms with van der Waals surface area (Å²) in [7, 11) is 0. The van der Waals surface area contributed by atoms with Gasteiger partial charge in [0.25, 0.3) is 5.91 Å². The molecule has 0 aromatic rings. The van der Waals surface area contributed by atoms with Crippen molar-refractivity contribution in [3.05, 3.63) is 11.6 Å². The summed E-state index contributed by atoms with van der Waals surface area (Å²) in [5.74, 6) is -0.960. The van der Waals surface area contributed by atoms with Crippen LogP contribution in [0.1, 0.15) is 6.92 Å². The molecule has 4 rings (SSSR count). The number of carbonyl (C=O) groups is 1. The van der Waals surface area contributed by atoms with E-state index in [0.29, 0.717) is 11.5 Å². The lowest BCUT2D eigenvalue weighted by Crippen LogP contribution is -2.32. The van der Waals surface area contributed by atoms with Crippen LogP contribution in [0.2, 0.25) is 0 Å². The molecule has 0 aromatic heterocycles. The Kier molecular flexibility index (Phi) is 1.78. The number of amides is 1. The Hall–Kier alpha value is -1.24. The van der Waals surface area contributed by atoms with Gasteiger partial charge in [0.05, 0.1) is 30.5 Å². The van der Waals surface area contributed by atoms with Gasteiger partial charge in [0.2, 0.25) is 11.7 Å². The fraction of sp³-hybridized carbons (Fsp3) is 0.667. The maximum absolute atomic E-state index is 11.5. The number of nitrogens with zero attached hydrogens (tertiary/aromatic N) is 1. The van der Waals surface area contributed by atoms with Crippen LogP contribution < -0.4 is 0 Å². The lowest BCUT2D eigenvalue weighted by Gasteiger charge is -2.17. The molecule has 96 valence electrons. The SMILES string of the molecule is CC1=CC2C(=NC1=O)OC13OC(CO)C(O)C1[C@@H]23. The van der Waals surface area contributed by atoms with E-state index in [1.807, 2.05) is 6.08 Å². The average Bonchev–Trinajstić information content (AvgIpc) is 2.73. The first kappa shape index (κ1) is 10.7. The van der Waals surface area contributed by atoms with E-state index < -0.39 is 18.0 Å². The molecule has 0 radical (unpaired) electrons. The van der Waals surface area contributed by atoms with Crippen LogP contribution in [-0.4, -0.2) is 46.6 Å². The third-order valence-electron chi connectivity index (χ3n) is 4.39. The Morgan fingerprint density at radius 3 is 3.00 bits per heavy atom. The minimum atomic E-state index is -0.863. The first-order valence-electron chi connectivity index (χ1n) is 6.05. The Labute approximate surface area is 103 Å². The summed E-state index contributed by atoms with van der Waals surface area (Å²) in [4.78, 5) is 15.4. The molecule has 4 aliphatic rings. The van der Waals surface area contributed by atoms with Crippen molar-refractivity contribution in [3.63, 3.8) is 0 Å². The highest BCUT2D eigenvalue weighted by molar-refractivity contribution is 6.06. The Balaban J connectivity index is 1.68. The molecule has 1 spiro atoms. The highest BCUT2D eigenvalue weighted by Gasteiger charge is 2.84. The van der Waals surface area contributed by atoms with Crippen LogP contribution in [0.25, 0.3) is 0 Å². The smallest absolute Gasteiger partial charge is 0.275 e. The molecule has 6 heteroatoms. The van der Waals surface area contributed by atoms with E-state index in [-0.39, 0.29) is 30.3 Å². The summed E-state index contributed by atoms with van der Waals surface area (Å²) in [6.07, 6.45) is 0.521. The predicted octanol–water partition coefficient (Wildman–Crippen LogP) is -0.788. The van der Waals surface area contributed by atoms with Gasteiger partial charge in [-0.25, -0.2) is 0 Å². The maximum atomic E-state index is 11.5. The summed E-state index contributed by atoms with van der Waals surface area (Å²) < 4.78 is 11.3.